The third-order valence-electron chi connectivity index (χ3n) is 4.15. The summed E-state index contributed by atoms with van der Waals surface area (Å²) in [4.78, 5) is 16.3. The second-order valence-corrected chi connectivity index (χ2v) is 5.86. The van der Waals surface area contributed by atoms with Crippen molar-refractivity contribution in [3.05, 3.63) is 41.6 Å². The number of nitrogens with one attached hydrogen (secondary N) is 1. The number of benzene rings is 1. The van der Waals surface area contributed by atoms with Crippen molar-refractivity contribution in [3.8, 4) is 0 Å². The summed E-state index contributed by atoms with van der Waals surface area (Å²) in [6, 6.07) is 7.98. The van der Waals surface area contributed by atoms with Gasteiger partial charge in [-0.05, 0) is 43.0 Å². The van der Waals surface area contributed by atoms with Gasteiger partial charge in [0, 0.05) is 24.7 Å². The van der Waals surface area contributed by atoms with Gasteiger partial charge in [-0.25, -0.2) is 0 Å². The summed E-state index contributed by atoms with van der Waals surface area (Å²) in [5, 5.41) is 4.00. The van der Waals surface area contributed by atoms with Gasteiger partial charge in [0.1, 0.15) is 6.61 Å². The van der Waals surface area contributed by atoms with Gasteiger partial charge in [0.05, 0.1) is 18.2 Å². The summed E-state index contributed by atoms with van der Waals surface area (Å²) >= 11 is 0. The topological polar surface area (TPSA) is 60.5 Å². The Bertz CT molecular complexity index is 681. The Balaban J connectivity index is 1.53. The Kier molecular flexibility index (Phi) is 5.20. The van der Waals surface area contributed by atoms with Crippen LogP contribution in [-0.4, -0.2) is 36.8 Å². The van der Waals surface area contributed by atoms with Crippen LogP contribution in [-0.2, 0) is 20.8 Å². The predicted octanol–water partition coefficient (Wildman–Crippen LogP) is 2.36. The van der Waals surface area contributed by atoms with E-state index < -0.39 is 0 Å². The molecule has 1 fully saturated rings. The highest BCUT2D eigenvalue weighted by atomic mass is 16.5. The lowest BCUT2D eigenvalue weighted by Crippen LogP contribution is -2.29. The summed E-state index contributed by atoms with van der Waals surface area (Å²) in [6.07, 6.45) is 4.02. The third kappa shape index (κ3) is 4.06. The first-order valence-corrected chi connectivity index (χ1v) is 8.03. The Morgan fingerprint density at radius 1 is 1.43 bits per heavy atom. The van der Waals surface area contributed by atoms with Crippen LogP contribution in [0.2, 0.25) is 0 Å². The molecule has 1 saturated heterocycles. The number of nitrogens with zero attached hydrogens (tertiary/aromatic N) is 1. The van der Waals surface area contributed by atoms with Gasteiger partial charge in [-0.1, -0.05) is 12.1 Å². The molecule has 5 nitrogen and oxygen atoms in total. The van der Waals surface area contributed by atoms with Crippen molar-refractivity contribution in [1.82, 2.24) is 10.3 Å². The van der Waals surface area contributed by atoms with Crippen LogP contribution in [0.3, 0.4) is 0 Å². The number of pyridine rings is 1. The Hall–Kier alpha value is -1.98. The van der Waals surface area contributed by atoms with Crippen LogP contribution in [0.1, 0.15) is 24.0 Å². The molecule has 1 aromatic heterocycles. The second kappa shape index (κ2) is 7.53. The molecule has 122 valence electrons. The quantitative estimate of drug-likeness (QED) is 0.889. The molecule has 0 radical (unpaired) electrons. The smallest absolute Gasteiger partial charge is 0.246 e. The van der Waals surface area contributed by atoms with E-state index in [4.69, 9.17) is 9.47 Å². The molecule has 1 aromatic carbocycles. The molecule has 2 aromatic rings. The van der Waals surface area contributed by atoms with Gasteiger partial charge in [-0.15, -0.1) is 0 Å². The van der Waals surface area contributed by atoms with Crippen LogP contribution >= 0.6 is 0 Å². The maximum absolute atomic E-state index is 11.9. The zero-order valence-electron chi connectivity index (χ0n) is 13.4. The first-order chi connectivity index (χ1) is 11.2. The van der Waals surface area contributed by atoms with E-state index in [-0.39, 0.29) is 18.6 Å². The molecular weight excluding hydrogens is 292 g/mol. The molecule has 3 rings (SSSR count). The average molecular weight is 314 g/mol. The van der Waals surface area contributed by atoms with Crippen molar-refractivity contribution < 1.29 is 14.3 Å². The molecule has 1 N–H and O–H groups in total. The van der Waals surface area contributed by atoms with E-state index in [1.165, 1.54) is 0 Å². The third-order valence-corrected chi connectivity index (χ3v) is 4.15. The number of aryl methyl sites for hydroxylation is 1. The Morgan fingerprint density at radius 2 is 2.35 bits per heavy atom. The van der Waals surface area contributed by atoms with Gasteiger partial charge < -0.3 is 14.8 Å². The first-order valence-electron chi connectivity index (χ1n) is 8.03. The summed E-state index contributed by atoms with van der Waals surface area (Å²) in [6.45, 7) is 3.89. The zero-order chi connectivity index (χ0) is 16.1. The summed E-state index contributed by atoms with van der Waals surface area (Å²) in [5.41, 5.74) is 3.19. The van der Waals surface area contributed by atoms with Crippen LogP contribution in [0.5, 0.6) is 0 Å². The average Bonchev–Trinajstić information content (AvgIpc) is 3.07. The maximum Gasteiger partial charge on any atom is 0.246 e. The number of hydrogen-bond acceptors (Lipinski definition) is 4. The van der Waals surface area contributed by atoms with Crippen molar-refractivity contribution in [2.45, 2.75) is 32.4 Å². The van der Waals surface area contributed by atoms with E-state index in [0.29, 0.717) is 13.2 Å². The lowest BCUT2D eigenvalue weighted by atomic mass is 10.0. The highest BCUT2D eigenvalue weighted by molar-refractivity contribution is 5.84. The van der Waals surface area contributed by atoms with Crippen LogP contribution in [0.4, 0.5) is 0 Å². The number of aromatic nitrogens is 1. The SMILES string of the molecule is Cc1ccc2ncccc2c1CNC(=O)COCC1CCCO1. The molecule has 0 bridgehead atoms. The number of carbonyl (C=O) groups is 1. The lowest BCUT2D eigenvalue weighted by molar-refractivity contribution is -0.127. The lowest BCUT2D eigenvalue weighted by Gasteiger charge is -2.12. The number of fused-ring (bicyclic) bond motifs is 1. The van der Waals surface area contributed by atoms with Crippen LogP contribution in [0.15, 0.2) is 30.5 Å². The molecule has 5 heteroatoms. The van der Waals surface area contributed by atoms with Crippen LogP contribution in [0, 0.1) is 6.92 Å². The van der Waals surface area contributed by atoms with Gasteiger partial charge in [-0.3, -0.25) is 9.78 Å². The molecule has 1 amide bonds. The summed E-state index contributed by atoms with van der Waals surface area (Å²) in [5.74, 6) is -0.108. The van der Waals surface area contributed by atoms with E-state index in [1.807, 2.05) is 31.2 Å². The largest absolute Gasteiger partial charge is 0.376 e. The number of ether oxygens (including phenoxy) is 2. The molecule has 1 aliphatic rings. The highest BCUT2D eigenvalue weighted by Crippen LogP contribution is 2.20. The zero-order valence-corrected chi connectivity index (χ0v) is 13.4. The fourth-order valence-electron chi connectivity index (χ4n) is 2.85. The molecule has 1 aliphatic heterocycles. The molecule has 23 heavy (non-hydrogen) atoms. The van der Waals surface area contributed by atoms with Gasteiger partial charge in [0.25, 0.3) is 0 Å². The minimum atomic E-state index is -0.108. The van der Waals surface area contributed by atoms with Gasteiger partial charge in [-0.2, -0.15) is 0 Å². The minimum absolute atomic E-state index is 0.0714. The van der Waals surface area contributed by atoms with Crippen molar-refractivity contribution in [1.29, 1.82) is 0 Å². The normalized spacial score (nSPS) is 17.5. The fourth-order valence-corrected chi connectivity index (χ4v) is 2.85. The van der Waals surface area contributed by atoms with E-state index in [1.54, 1.807) is 6.20 Å². The highest BCUT2D eigenvalue weighted by Gasteiger charge is 2.16. The molecule has 0 aliphatic carbocycles. The second-order valence-electron chi connectivity index (χ2n) is 5.86. The predicted molar refractivity (Wildman–Crippen MR) is 88.1 cm³/mol. The van der Waals surface area contributed by atoms with E-state index in [0.717, 1.165) is 41.5 Å². The number of hydrogen-bond donors (Lipinski definition) is 1. The van der Waals surface area contributed by atoms with Crippen molar-refractivity contribution in [2.24, 2.45) is 0 Å². The molecule has 0 spiro atoms. The van der Waals surface area contributed by atoms with Crippen molar-refractivity contribution in [2.75, 3.05) is 19.8 Å². The molecule has 1 unspecified atom stereocenters. The number of amides is 1. The van der Waals surface area contributed by atoms with Gasteiger partial charge >= 0.3 is 0 Å². The molecular formula is C18H22N2O3. The van der Waals surface area contributed by atoms with Gasteiger partial charge in [0.2, 0.25) is 5.91 Å². The Morgan fingerprint density at radius 3 is 3.17 bits per heavy atom. The molecule has 1 atom stereocenters. The van der Waals surface area contributed by atoms with Crippen LogP contribution < -0.4 is 5.32 Å². The number of rotatable bonds is 6. The van der Waals surface area contributed by atoms with Crippen molar-refractivity contribution >= 4 is 16.8 Å². The first kappa shape index (κ1) is 15.9. The maximum atomic E-state index is 11.9. The molecule has 2 heterocycles. The minimum Gasteiger partial charge on any atom is -0.376 e. The standard InChI is InChI=1S/C18H22N2O3/c1-13-6-7-17-15(5-2-8-19-17)16(13)10-20-18(21)12-22-11-14-4-3-9-23-14/h2,5-8,14H,3-4,9-12H2,1H3,(H,20,21). The van der Waals surface area contributed by atoms with Gasteiger partial charge in [0.15, 0.2) is 0 Å². The number of carbonyl (C=O) groups excluding carboxylic acids is 1. The van der Waals surface area contributed by atoms with Crippen LogP contribution in [0.25, 0.3) is 10.9 Å². The fraction of sp³-hybridized carbons (Fsp3) is 0.444. The summed E-state index contributed by atoms with van der Waals surface area (Å²) in [7, 11) is 0. The van der Waals surface area contributed by atoms with Crippen molar-refractivity contribution in [3.63, 3.8) is 0 Å². The van der Waals surface area contributed by atoms with E-state index >= 15 is 0 Å². The monoisotopic (exact) mass is 314 g/mol. The molecule has 0 saturated carbocycles. The summed E-state index contributed by atoms with van der Waals surface area (Å²) < 4.78 is 10.9. The van der Waals surface area contributed by atoms with E-state index in [9.17, 15) is 4.79 Å². The Labute approximate surface area is 136 Å². The van der Waals surface area contributed by atoms with E-state index in [2.05, 4.69) is 10.3 Å².